The van der Waals surface area contributed by atoms with Crippen molar-refractivity contribution in [3.8, 4) is 0 Å². The summed E-state index contributed by atoms with van der Waals surface area (Å²) in [7, 11) is 0. The van der Waals surface area contributed by atoms with Crippen molar-refractivity contribution < 1.29 is 9.59 Å². The van der Waals surface area contributed by atoms with Crippen LogP contribution in [0.5, 0.6) is 0 Å². The van der Waals surface area contributed by atoms with Gasteiger partial charge in [0, 0.05) is 6.92 Å². The zero-order chi connectivity index (χ0) is 12.7. The molecule has 1 amide bonds. The molecule has 1 rings (SSSR count). The zero-order valence-electron chi connectivity index (χ0n) is 8.28. The van der Waals surface area contributed by atoms with E-state index in [1.807, 2.05) is 0 Å². The number of primary amides is 1. The van der Waals surface area contributed by atoms with E-state index in [0.29, 0.717) is 0 Å². The number of halogens is 3. The number of hydrogen-bond donors (Lipinski definition) is 1. The smallest absolute Gasteiger partial charge is 0.267 e. The highest BCUT2D eigenvalue weighted by molar-refractivity contribution is 14.3. The predicted molar refractivity (Wildman–Crippen MR) is 88.6 cm³/mol. The van der Waals surface area contributed by atoms with Gasteiger partial charge in [-0.1, -0.05) is 73.8 Å². The molecule has 0 aliphatic rings. The fraction of sp³-hybridized carbons (Fsp3) is 0.222. The van der Waals surface area contributed by atoms with Crippen LogP contribution in [0.1, 0.15) is 27.9 Å². The summed E-state index contributed by atoms with van der Waals surface area (Å²) in [6.07, 6.45) is 0. The van der Waals surface area contributed by atoms with Crippen molar-refractivity contribution in [1.29, 1.82) is 0 Å². The number of hydrogen-bond acceptors (Lipinski definition) is 3. The summed E-state index contributed by atoms with van der Waals surface area (Å²) in [4.78, 5) is 25.2. The average molecular weight is 558 g/mol. The molecule has 0 aliphatic carbocycles. The van der Waals surface area contributed by atoms with Gasteiger partial charge in [0.2, 0.25) is 0 Å². The molecule has 4 nitrogen and oxygen atoms in total. The van der Waals surface area contributed by atoms with Crippen LogP contribution >= 0.6 is 67.8 Å². The molecule has 0 aromatic carbocycles. The molecule has 0 bridgehead atoms. The van der Waals surface area contributed by atoms with Gasteiger partial charge in [-0.3, -0.25) is 9.59 Å². The maximum Gasteiger partial charge on any atom is 0.267 e. The normalized spacial score (nSPS) is 9.31. The topological polar surface area (TPSA) is 73.1 Å². The minimum Gasteiger partial charge on any atom is -0.364 e. The third kappa shape index (κ3) is 7.70. The molecule has 0 fully saturated rings. The molecule has 0 atom stereocenters. The number of ketones is 1. The lowest BCUT2D eigenvalue weighted by Gasteiger charge is -1.96. The van der Waals surface area contributed by atoms with Crippen LogP contribution in [-0.2, 0) is 0 Å². The fourth-order valence-corrected chi connectivity index (χ4v) is 0.768. The number of pyridine rings is 1. The standard InChI is InChI=1S/C8H8N2O2.CHI3/c1-5(11)6-3-2-4-7(10-6)8(9)12;2-1(3)4/h2-4H,1H3,(H2,9,12);1H. The maximum absolute atomic E-state index is 10.8. The number of carbonyl (C=O) groups excluding carboxylic acids is 2. The van der Waals surface area contributed by atoms with Gasteiger partial charge in [0.1, 0.15) is 11.3 Å². The van der Waals surface area contributed by atoms with Gasteiger partial charge in [0.25, 0.3) is 5.91 Å². The first kappa shape index (κ1) is 16.5. The quantitative estimate of drug-likeness (QED) is 0.345. The van der Waals surface area contributed by atoms with E-state index in [9.17, 15) is 9.59 Å². The first-order chi connectivity index (χ1) is 7.34. The van der Waals surface area contributed by atoms with Crippen LogP contribution in [0, 0.1) is 0 Å². The Morgan fingerprint density at radius 2 is 1.69 bits per heavy atom. The van der Waals surface area contributed by atoms with Crippen LogP contribution < -0.4 is 5.73 Å². The van der Waals surface area contributed by atoms with Crippen molar-refractivity contribution in [1.82, 2.24) is 4.98 Å². The maximum atomic E-state index is 10.8. The number of nitrogens with zero attached hydrogens (tertiary/aromatic N) is 1. The molecule has 0 radical (unpaired) electrons. The molecular formula is C9H9I3N2O2. The number of carbonyl (C=O) groups is 2. The second kappa shape index (κ2) is 8.55. The summed E-state index contributed by atoms with van der Waals surface area (Å²) in [6, 6.07) is 4.58. The fourth-order valence-electron chi connectivity index (χ4n) is 0.768. The van der Waals surface area contributed by atoms with E-state index in [1.165, 1.54) is 19.1 Å². The lowest BCUT2D eigenvalue weighted by Crippen LogP contribution is -2.14. The van der Waals surface area contributed by atoms with Gasteiger partial charge in [-0.05, 0) is 12.1 Å². The number of nitrogens with two attached hydrogens (primary N) is 1. The second-order valence-electron chi connectivity index (χ2n) is 2.58. The van der Waals surface area contributed by atoms with Gasteiger partial charge in [0.15, 0.2) is 5.78 Å². The van der Waals surface area contributed by atoms with E-state index in [-0.39, 0.29) is 17.2 Å². The summed E-state index contributed by atoms with van der Waals surface area (Å²) < 4.78 is 0.743. The Hall–Kier alpha value is 0.480. The molecule has 88 valence electrons. The predicted octanol–water partition coefficient (Wildman–Crippen LogP) is 2.96. The highest BCUT2D eigenvalue weighted by Gasteiger charge is 2.05. The Morgan fingerprint density at radius 1 is 1.25 bits per heavy atom. The van der Waals surface area contributed by atoms with Gasteiger partial charge in [-0.25, -0.2) is 4.98 Å². The molecule has 0 saturated carbocycles. The van der Waals surface area contributed by atoms with Crippen LogP contribution in [0.25, 0.3) is 0 Å². The van der Waals surface area contributed by atoms with Crippen LogP contribution in [0.4, 0.5) is 0 Å². The van der Waals surface area contributed by atoms with E-state index in [4.69, 9.17) is 5.73 Å². The number of aromatic nitrogens is 1. The summed E-state index contributed by atoms with van der Waals surface area (Å²) in [5.74, 6) is -0.809. The van der Waals surface area contributed by atoms with Crippen LogP contribution in [0.2, 0.25) is 0 Å². The SMILES string of the molecule is CC(=O)c1cccc(C(N)=O)n1.IC(I)I. The monoisotopic (exact) mass is 558 g/mol. The number of alkyl halides is 3. The first-order valence-corrected chi connectivity index (χ1v) is 7.78. The molecule has 1 heterocycles. The minimum absolute atomic E-state index is 0.114. The van der Waals surface area contributed by atoms with Crippen molar-refractivity contribution in [3.63, 3.8) is 0 Å². The van der Waals surface area contributed by atoms with E-state index in [2.05, 4.69) is 72.8 Å². The highest BCUT2D eigenvalue weighted by atomic mass is 127. The number of amides is 1. The number of rotatable bonds is 2. The molecule has 7 heteroatoms. The Kier molecular flexibility index (Phi) is 8.81. The van der Waals surface area contributed by atoms with Crippen molar-refractivity contribution in [2.24, 2.45) is 5.73 Å². The van der Waals surface area contributed by atoms with E-state index < -0.39 is 5.91 Å². The lowest BCUT2D eigenvalue weighted by molar-refractivity contribution is 0.0995. The van der Waals surface area contributed by atoms with Gasteiger partial charge in [-0.15, -0.1) is 0 Å². The molecule has 1 aromatic heterocycles. The molecule has 16 heavy (non-hydrogen) atoms. The molecule has 1 aromatic rings. The Balaban J connectivity index is 0.000000487. The van der Waals surface area contributed by atoms with Crippen LogP contribution in [0.15, 0.2) is 18.2 Å². The second-order valence-corrected chi connectivity index (χ2v) is 13.5. The van der Waals surface area contributed by atoms with Crippen LogP contribution in [0.3, 0.4) is 0 Å². The Morgan fingerprint density at radius 3 is 2.06 bits per heavy atom. The molecule has 0 aliphatic heterocycles. The zero-order valence-corrected chi connectivity index (χ0v) is 14.8. The van der Waals surface area contributed by atoms with E-state index in [0.717, 1.165) is -0.0619 Å². The van der Waals surface area contributed by atoms with E-state index in [1.54, 1.807) is 6.07 Å². The lowest BCUT2D eigenvalue weighted by atomic mass is 10.2. The molecular weight excluding hydrogens is 549 g/mol. The molecule has 0 saturated heterocycles. The summed E-state index contributed by atoms with van der Waals surface area (Å²) in [5, 5.41) is 0. The van der Waals surface area contributed by atoms with E-state index >= 15 is 0 Å². The number of Topliss-reactive ketones (excluding diaryl/α,β-unsaturated/α-hetero) is 1. The Labute approximate surface area is 135 Å². The van der Waals surface area contributed by atoms with Crippen molar-refractivity contribution in [2.75, 3.05) is 0 Å². The minimum atomic E-state index is -0.627. The molecule has 0 spiro atoms. The Bertz CT molecular complexity index is 351. The van der Waals surface area contributed by atoms with Gasteiger partial charge in [-0.2, -0.15) is 0 Å². The third-order valence-electron chi connectivity index (χ3n) is 1.36. The summed E-state index contributed by atoms with van der Waals surface area (Å²) in [5.41, 5.74) is 5.34. The largest absolute Gasteiger partial charge is 0.364 e. The third-order valence-corrected chi connectivity index (χ3v) is 1.36. The van der Waals surface area contributed by atoms with Gasteiger partial charge < -0.3 is 5.73 Å². The first-order valence-electron chi connectivity index (χ1n) is 4.04. The van der Waals surface area contributed by atoms with Crippen molar-refractivity contribution in [2.45, 2.75) is 6.86 Å². The highest BCUT2D eigenvalue weighted by Crippen LogP contribution is 2.16. The van der Waals surface area contributed by atoms with Gasteiger partial charge in [0.05, 0.1) is 0 Å². The molecule has 2 N–H and O–H groups in total. The average Bonchev–Trinajstić information content (AvgIpc) is 2.17. The van der Waals surface area contributed by atoms with Gasteiger partial charge >= 0.3 is 0 Å². The van der Waals surface area contributed by atoms with Crippen LogP contribution in [-0.4, -0.2) is 16.6 Å². The van der Waals surface area contributed by atoms with Crippen molar-refractivity contribution >= 4 is 79.5 Å². The summed E-state index contributed by atoms with van der Waals surface area (Å²) >= 11 is 6.95. The summed E-state index contributed by atoms with van der Waals surface area (Å²) in [6.45, 7) is 1.38. The molecule has 0 unspecified atom stereocenters. The van der Waals surface area contributed by atoms with Crippen molar-refractivity contribution in [3.05, 3.63) is 29.6 Å².